The normalized spacial score (nSPS) is 12.1. The number of anilines is 1. The van der Waals surface area contributed by atoms with Gasteiger partial charge < -0.3 is 10.3 Å². The Morgan fingerprint density at radius 2 is 1.95 bits per heavy atom. The molecular formula is C15H18N2O2S. The summed E-state index contributed by atoms with van der Waals surface area (Å²) in [5.74, 6) is 0.549. The maximum absolute atomic E-state index is 11.6. The van der Waals surface area contributed by atoms with Crippen LogP contribution in [0.3, 0.4) is 0 Å². The van der Waals surface area contributed by atoms with Crippen LogP contribution in [0.4, 0.5) is 5.69 Å². The summed E-state index contributed by atoms with van der Waals surface area (Å²) in [4.78, 5) is 14.3. The minimum atomic E-state index is -0.861. The van der Waals surface area contributed by atoms with Crippen molar-refractivity contribution in [3.05, 3.63) is 63.6 Å². The Morgan fingerprint density at radius 3 is 2.65 bits per heavy atom. The van der Waals surface area contributed by atoms with Gasteiger partial charge in [-0.2, -0.15) is 0 Å². The van der Waals surface area contributed by atoms with Gasteiger partial charge in [-0.3, -0.25) is 9.00 Å². The van der Waals surface area contributed by atoms with Crippen LogP contribution in [-0.4, -0.2) is 15.4 Å². The van der Waals surface area contributed by atoms with Gasteiger partial charge in [-0.25, -0.2) is 0 Å². The van der Waals surface area contributed by atoms with Crippen LogP contribution in [0.5, 0.6) is 0 Å². The fourth-order valence-corrected chi connectivity index (χ4v) is 2.79. The van der Waals surface area contributed by atoms with Crippen LogP contribution >= 0.6 is 0 Å². The number of H-pyrrole nitrogens is 1. The van der Waals surface area contributed by atoms with Crippen LogP contribution in [0.15, 0.2) is 41.3 Å². The molecule has 0 spiro atoms. The van der Waals surface area contributed by atoms with Gasteiger partial charge in [0, 0.05) is 46.8 Å². The van der Waals surface area contributed by atoms with E-state index >= 15 is 0 Å². The molecule has 1 aromatic heterocycles. The molecule has 1 atom stereocenters. The quantitative estimate of drug-likeness (QED) is 0.887. The smallest absolute Gasteiger partial charge is 0.252 e. The Balaban J connectivity index is 2.16. The molecule has 0 aliphatic carbocycles. The Kier molecular flexibility index (Phi) is 4.74. The molecule has 0 radical (unpaired) electrons. The van der Waals surface area contributed by atoms with Crippen molar-refractivity contribution >= 4 is 16.5 Å². The molecule has 0 saturated heterocycles. The summed E-state index contributed by atoms with van der Waals surface area (Å²) in [6.45, 7) is 2.47. The number of benzene rings is 1. The first-order chi connectivity index (χ1) is 9.58. The zero-order chi connectivity index (χ0) is 14.5. The van der Waals surface area contributed by atoms with E-state index in [2.05, 4.69) is 10.3 Å². The maximum atomic E-state index is 11.6. The largest absolute Gasteiger partial charge is 0.381 e. The van der Waals surface area contributed by atoms with Gasteiger partial charge >= 0.3 is 0 Å². The highest BCUT2D eigenvalue weighted by molar-refractivity contribution is 7.83. The third kappa shape index (κ3) is 3.57. The average molecular weight is 290 g/mol. The molecule has 0 amide bonds. The Bertz CT molecular complexity index is 680. The monoisotopic (exact) mass is 290 g/mol. The molecule has 5 heteroatoms. The van der Waals surface area contributed by atoms with Crippen molar-refractivity contribution in [2.24, 2.45) is 0 Å². The molecule has 106 valence electrons. The van der Waals surface area contributed by atoms with Gasteiger partial charge in [0.25, 0.3) is 5.56 Å². The molecule has 0 aliphatic rings. The molecule has 2 rings (SSSR count). The molecule has 0 bridgehead atoms. The first kappa shape index (κ1) is 14.5. The zero-order valence-electron chi connectivity index (χ0n) is 11.6. The first-order valence-corrected chi connectivity index (χ1v) is 8.09. The standard InChI is InChI=1S/C15H18N2O2S/c1-11-13(10-20(2)19)5-3-7-14(11)17-9-12-6-4-8-16-15(12)18/h3-8,17H,9-10H2,1-2H3,(H,16,18). The van der Waals surface area contributed by atoms with Crippen LogP contribution in [-0.2, 0) is 23.1 Å². The van der Waals surface area contributed by atoms with Crippen molar-refractivity contribution in [3.63, 3.8) is 0 Å². The predicted octanol–water partition coefficient (Wildman–Crippen LogP) is 2.17. The summed E-state index contributed by atoms with van der Waals surface area (Å²) in [6.07, 6.45) is 3.32. The number of aromatic amines is 1. The number of aromatic nitrogens is 1. The van der Waals surface area contributed by atoms with E-state index in [0.29, 0.717) is 17.9 Å². The van der Waals surface area contributed by atoms with E-state index in [1.54, 1.807) is 18.5 Å². The summed E-state index contributed by atoms with van der Waals surface area (Å²) in [6, 6.07) is 9.49. The highest BCUT2D eigenvalue weighted by Gasteiger charge is 2.06. The van der Waals surface area contributed by atoms with E-state index in [-0.39, 0.29) is 5.56 Å². The highest BCUT2D eigenvalue weighted by Crippen LogP contribution is 2.20. The van der Waals surface area contributed by atoms with Gasteiger partial charge in [-0.15, -0.1) is 0 Å². The van der Waals surface area contributed by atoms with E-state index in [1.807, 2.05) is 31.2 Å². The molecular weight excluding hydrogens is 272 g/mol. The minimum Gasteiger partial charge on any atom is -0.381 e. The Labute approximate surface area is 120 Å². The molecule has 2 aromatic rings. The van der Waals surface area contributed by atoms with Gasteiger partial charge in [0.15, 0.2) is 0 Å². The topological polar surface area (TPSA) is 62.0 Å². The van der Waals surface area contributed by atoms with Gasteiger partial charge in [0.1, 0.15) is 0 Å². The molecule has 4 nitrogen and oxygen atoms in total. The van der Waals surface area contributed by atoms with Crippen LogP contribution in [0.25, 0.3) is 0 Å². The van der Waals surface area contributed by atoms with Crippen molar-refractivity contribution in [3.8, 4) is 0 Å². The van der Waals surface area contributed by atoms with Crippen LogP contribution in [0, 0.1) is 6.92 Å². The molecule has 0 saturated carbocycles. The summed E-state index contributed by atoms with van der Waals surface area (Å²) in [7, 11) is -0.861. The molecule has 0 fully saturated rings. The molecule has 2 N–H and O–H groups in total. The second kappa shape index (κ2) is 6.52. The van der Waals surface area contributed by atoms with E-state index < -0.39 is 10.8 Å². The van der Waals surface area contributed by atoms with Crippen molar-refractivity contribution in [1.82, 2.24) is 4.98 Å². The van der Waals surface area contributed by atoms with Crippen molar-refractivity contribution < 1.29 is 4.21 Å². The number of hydrogen-bond acceptors (Lipinski definition) is 3. The van der Waals surface area contributed by atoms with Gasteiger partial charge in [0.2, 0.25) is 0 Å². The minimum absolute atomic E-state index is 0.0801. The lowest BCUT2D eigenvalue weighted by molar-refractivity contribution is 0.686. The van der Waals surface area contributed by atoms with E-state index in [1.165, 1.54) is 0 Å². The number of rotatable bonds is 5. The Morgan fingerprint density at radius 1 is 1.20 bits per heavy atom. The van der Waals surface area contributed by atoms with Gasteiger partial charge in [-0.05, 0) is 30.2 Å². The summed E-state index contributed by atoms with van der Waals surface area (Å²) >= 11 is 0. The molecule has 1 heterocycles. The molecule has 20 heavy (non-hydrogen) atoms. The van der Waals surface area contributed by atoms with Gasteiger partial charge in [0.05, 0.1) is 0 Å². The highest BCUT2D eigenvalue weighted by atomic mass is 32.2. The second-order valence-corrected chi connectivity index (χ2v) is 6.12. The lowest BCUT2D eigenvalue weighted by atomic mass is 10.1. The lowest BCUT2D eigenvalue weighted by Crippen LogP contribution is -2.15. The van der Waals surface area contributed by atoms with Crippen LogP contribution in [0.1, 0.15) is 16.7 Å². The lowest BCUT2D eigenvalue weighted by Gasteiger charge is -2.12. The summed E-state index contributed by atoms with van der Waals surface area (Å²) in [5, 5.41) is 3.26. The van der Waals surface area contributed by atoms with E-state index in [9.17, 15) is 9.00 Å². The summed E-state index contributed by atoms with van der Waals surface area (Å²) in [5.41, 5.74) is 3.73. The fourth-order valence-electron chi connectivity index (χ4n) is 2.04. The van der Waals surface area contributed by atoms with Crippen molar-refractivity contribution in [2.75, 3.05) is 11.6 Å². The molecule has 0 aliphatic heterocycles. The SMILES string of the molecule is Cc1c(CS(C)=O)cccc1NCc1ccc[nH]c1=O. The molecule has 1 aromatic carbocycles. The van der Waals surface area contributed by atoms with E-state index in [0.717, 1.165) is 16.8 Å². The van der Waals surface area contributed by atoms with Crippen LogP contribution in [0.2, 0.25) is 0 Å². The molecule has 1 unspecified atom stereocenters. The van der Waals surface area contributed by atoms with E-state index in [4.69, 9.17) is 0 Å². The van der Waals surface area contributed by atoms with Crippen molar-refractivity contribution in [2.45, 2.75) is 19.2 Å². The number of hydrogen-bond donors (Lipinski definition) is 2. The number of pyridine rings is 1. The Hall–Kier alpha value is -1.88. The first-order valence-electron chi connectivity index (χ1n) is 6.37. The van der Waals surface area contributed by atoms with Crippen LogP contribution < -0.4 is 10.9 Å². The maximum Gasteiger partial charge on any atom is 0.252 e. The zero-order valence-corrected chi connectivity index (χ0v) is 12.4. The number of nitrogens with one attached hydrogen (secondary N) is 2. The third-order valence-electron chi connectivity index (χ3n) is 3.17. The average Bonchev–Trinajstić information content (AvgIpc) is 2.41. The fraction of sp³-hybridized carbons (Fsp3) is 0.267. The van der Waals surface area contributed by atoms with Crippen molar-refractivity contribution in [1.29, 1.82) is 0 Å². The summed E-state index contributed by atoms with van der Waals surface area (Å²) < 4.78 is 11.3. The second-order valence-electron chi connectivity index (χ2n) is 4.69. The van der Waals surface area contributed by atoms with Gasteiger partial charge in [-0.1, -0.05) is 18.2 Å². The predicted molar refractivity (Wildman–Crippen MR) is 83.3 cm³/mol. The third-order valence-corrected chi connectivity index (χ3v) is 3.89.